The first-order valence-corrected chi connectivity index (χ1v) is 9.22. The first-order chi connectivity index (χ1) is 11.9. The van der Waals surface area contributed by atoms with Gasteiger partial charge in [-0.25, -0.2) is 17.5 Å². The zero-order chi connectivity index (χ0) is 18.0. The van der Waals surface area contributed by atoms with Crippen molar-refractivity contribution in [1.29, 1.82) is 0 Å². The lowest BCUT2D eigenvalue weighted by molar-refractivity contribution is 0.0709. The van der Waals surface area contributed by atoms with Crippen molar-refractivity contribution in [2.45, 2.75) is 5.09 Å². The van der Waals surface area contributed by atoms with Crippen LogP contribution in [0.2, 0.25) is 0 Å². The third kappa shape index (κ3) is 3.67. The number of halogens is 1. The third-order valence-electron chi connectivity index (χ3n) is 4.08. The number of nitrogens with one attached hydrogen (secondary N) is 1. The molecule has 1 saturated heterocycles. The highest BCUT2D eigenvalue weighted by Crippen LogP contribution is 2.19. The number of rotatable bonds is 4. The molecule has 1 aliphatic heterocycles. The lowest BCUT2D eigenvalue weighted by Crippen LogP contribution is -2.48. The van der Waals surface area contributed by atoms with Crippen LogP contribution in [-0.4, -0.2) is 52.5 Å². The van der Waals surface area contributed by atoms with Crippen LogP contribution >= 0.6 is 0 Å². The molecule has 2 aromatic rings. The van der Waals surface area contributed by atoms with E-state index in [2.05, 4.69) is 9.62 Å². The van der Waals surface area contributed by atoms with Crippen molar-refractivity contribution in [3.63, 3.8) is 0 Å². The molecular weight excluding hydrogens is 349 g/mol. The van der Waals surface area contributed by atoms with E-state index in [1.807, 2.05) is 0 Å². The normalized spacial score (nSPS) is 15.4. The first kappa shape index (κ1) is 17.4. The number of hydrogen-bond donors (Lipinski definition) is 1. The molecule has 1 aromatic carbocycles. The molecule has 9 heteroatoms. The molecule has 0 radical (unpaired) electrons. The Morgan fingerprint density at radius 2 is 1.72 bits per heavy atom. The van der Waals surface area contributed by atoms with Crippen molar-refractivity contribution in [2.75, 3.05) is 38.1 Å². The Labute approximate surface area is 145 Å². The maximum Gasteiger partial charge on any atom is 0.289 e. The van der Waals surface area contributed by atoms with Gasteiger partial charge in [-0.05, 0) is 43.4 Å². The number of furan rings is 1. The molecule has 0 saturated carbocycles. The van der Waals surface area contributed by atoms with Gasteiger partial charge in [-0.15, -0.1) is 0 Å². The van der Waals surface area contributed by atoms with E-state index in [1.165, 1.54) is 31.3 Å². The minimum Gasteiger partial charge on any atom is -0.438 e. The van der Waals surface area contributed by atoms with Crippen molar-refractivity contribution >= 4 is 21.6 Å². The van der Waals surface area contributed by atoms with Gasteiger partial charge in [0.2, 0.25) is 5.09 Å². The van der Waals surface area contributed by atoms with Crippen LogP contribution < -0.4 is 9.62 Å². The lowest BCUT2D eigenvalue weighted by Gasteiger charge is -2.35. The van der Waals surface area contributed by atoms with Gasteiger partial charge in [0.05, 0.1) is 0 Å². The lowest BCUT2D eigenvalue weighted by atomic mass is 10.2. The van der Waals surface area contributed by atoms with Crippen LogP contribution in [-0.2, 0) is 10.0 Å². The molecular formula is C16H18FN3O4S. The van der Waals surface area contributed by atoms with Crippen molar-refractivity contribution in [3.05, 3.63) is 48.0 Å². The molecule has 2 heterocycles. The van der Waals surface area contributed by atoms with Gasteiger partial charge in [0.1, 0.15) is 5.82 Å². The summed E-state index contributed by atoms with van der Waals surface area (Å²) in [7, 11) is -2.44. The predicted molar refractivity (Wildman–Crippen MR) is 89.5 cm³/mol. The predicted octanol–water partition coefficient (Wildman–Crippen LogP) is 1.29. The van der Waals surface area contributed by atoms with Crippen LogP contribution in [0, 0.1) is 5.82 Å². The minimum absolute atomic E-state index is 0.0101. The molecule has 1 fully saturated rings. The molecule has 3 rings (SSSR count). The maximum atomic E-state index is 13.0. The van der Waals surface area contributed by atoms with Gasteiger partial charge in [0.25, 0.3) is 15.9 Å². The Morgan fingerprint density at radius 3 is 2.32 bits per heavy atom. The topological polar surface area (TPSA) is 82.9 Å². The second-order valence-electron chi connectivity index (χ2n) is 5.58. The standard InChI is InChI=1S/C16H18FN3O4S/c1-18-25(22,23)15-7-6-14(24-15)16(21)20-10-8-19(9-11-20)13-4-2-12(17)3-5-13/h2-7,18H,8-11H2,1H3. The summed E-state index contributed by atoms with van der Waals surface area (Å²) >= 11 is 0. The smallest absolute Gasteiger partial charge is 0.289 e. The van der Waals surface area contributed by atoms with Crippen molar-refractivity contribution in [3.8, 4) is 0 Å². The number of hydrogen-bond acceptors (Lipinski definition) is 5. The Morgan fingerprint density at radius 1 is 1.08 bits per heavy atom. The summed E-state index contributed by atoms with van der Waals surface area (Å²) in [5, 5.41) is -0.289. The zero-order valence-electron chi connectivity index (χ0n) is 13.6. The van der Waals surface area contributed by atoms with Crippen LogP contribution in [0.15, 0.2) is 45.9 Å². The fraction of sp³-hybridized carbons (Fsp3) is 0.312. The number of benzene rings is 1. The summed E-state index contributed by atoms with van der Waals surface area (Å²) in [6, 6.07) is 8.83. The molecule has 0 bridgehead atoms. The minimum atomic E-state index is -3.72. The fourth-order valence-corrected chi connectivity index (χ4v) is 3.30. The second-order valence-corrected chi connectivity index (χ2v) is 7.40. The summed E-state index contributed by atoms with van der Waals surface area (Å²) in [6.45, 7) is 2.12. The Bertz CT molecular complexity index is 856. The Hall–Kier alpha value is -2.39. The summed E-state index contributed by atoms with van der Waals surface area (Å²) in [6.07, 6.45) is 0. The first-order valence-electron chi connectivity index (χ1n) is 7.74. The van der Waals surface area contributed by atoms with E-state index in [1.54, 1.807) is 17.0 Å². The molecule has 1 aliphatic rings. The molecule has 0 unspecified atom stereocenters. The van der Waals surface area contributed by atoms with Crippen molar-refractivity contribution in [2.24, 2.45) is 0 Å². The van der Waals surface area contributed by atoms with Crippen LogP contribution in [0.25, 0.3) is 0 Å². The number of amides is 1. The molecule has 1 N–H and O–H groups in total. The monoisotopic (exact) mass is 367 g/mol. The maximum absolute atomic E-state index is 13.0. The number of piperazine rings is 1. The molecule has 134 valence electrons. The van der Waals surface area contributed by atoms with Gasteiger partial charge >= 0.3 is 0 Å². The van der Waals surface area contributed by atoms with Crippen LogP contribution in [0.5, 0.6) is 0 Å². The molecule has 1 amide bonds. The quantitative estimate of drug-likeness (QED) is 0.881. The van der Waals surface area contributed by atoms with Crippen molar-refractivity contribution < 1.29 is 22.0 Å². The van der Waals surface area contributed by atoms with Crippen LogP contribution in [0.3, 0.4) is 0 Å². The third-order valence-corrected chi connectivity index (χ3v) is 5.37. The van der Waals surface area contributed by atoms with Gasteiger partial charge < -0.3 is 14.2 Å². The van der Waals surface area contributed by atoms with Gasteiger partial charge in [0.15, 0.2) is 5.76 Å². The summed E-state index contributed by atoms with van der Waals surface area (Å²) in [5.41, 5.74) is 0.897. The van der Waals surface area contributed by atoms with Gasteiger partial charge in [-0.2, -0.15) is 0 Å². The van der Waals surface area contributed by atoms with E-state index in [-0.39, 0.29) is 22.6 Å². The number of carbonyl (C=O) groups is 1. The van der Waals surface area contributed by atoms with Gasteiger partial charge in [-0.3, -0.25) is 4.79 Å². The molecule has 0 atom stereocenters. The summed E-state index contributed by atoms with van der Waals surface area (Å²) < 4.78 is 43.7. The van der Waals surface area contributed by atoms with Gasteiger partial charge in [0, 0.05) is 31.9 Å². The van der Waals surface area contributed by atoms with E-state index < -0.39 is 10.0 Å². The van der Waals surface area contributed by atoms with Crippen molar-refractivity contribution in [1.82, 2.24) is 9.62 Å². The number of carbonyl (C=O) groups excluding carboxylic acids is 1. The SMILES string of the molecule is CNS(=O)(=O)c1ccc(C(=O)N2CCN(c3ccc(F)cc3)CC2)o1. The number of anilines is 1. The molecule has 0 spiro atoms. The van der Waals surface area contributed by atoms with Gasteiger partial charge in [-0.1, -0.05) is 0 Å². The Balaban J connectivity index is 1.65. The van der Waals surface area contributed by atoms with Crippen LogP contribution in [0.1, 0.15) is 10.6 Å². The number of nitrogens with zero attached hydrogens (tertiary/aromatic N) is 2. The van der Waals surface area contributed by atoms with Crippen LogP contribution in [0.4, 0.5) is 10.1 Å². The molecule has 25 heavy (non-hydrogen) atoms. The summed E-state index contributed by atoms with van der Waals surface area (Å²) in [4.78, 5) is 16.1. The second kappa shape index (κ2) is 6.85. The fourth-order valence-electron chi connectivity index (χ4n) is 2.66. The van der Waals surface area contributed by atoms with E-state index >= 15 is 0 Å². The molecule has 1 aromatic heterocycles. The average Bonchev–Trinajstić information content (AvgIpc) is 3.13. The van der Waals surface area contributed by atoms with E-state index in [9.17, 15) is 17.6 Å². The highest BCUT2D eigenvalue weighted by atomic mass is 32.2. The summed E-state index contributed by atoms with van der Waals surface area (Å²) in [5.74, 6) is -0.650. The zero-order valence-corrected chi connectivity index (χ0v) is 14.4. The molecule has 0 aliphatic carbocycles. The van der Waals surface area contributed by atoms with E-state index in [0.29, 0.717) is 26.2 Å². The van der Waals surface area contributed by atoms with E-state index in [4.69, 9.17) is 4.42 Å². The number of sulfonamides is 1. The highest BCUT2D eigenvalue weighted by Gasteiger charge is 2.26. The Kier molecular flexibility index (Phi) is 4.78. The van der Waals surface area contributed by atoms with E-state index in [0.717, 1.165) is 5.69 Å². The average molecular weight is 367 g/mol. The molecule has 7 nitrogen and oxygen atoms in total. The largest absolute Gasteiger partial charge is 0.438 e. The highest BCUT2D eigenvalue weighted by molar-refractivity contribution is 7.89.